The number of H-pyrrole nitrogens is 1. The molecule has 2 heterocycles. The van der Waals surface area contributed by atoms with Crippen LogP contribution in [-0.4, -0.2) is 54.2 Å². The summed E-state index contributed by atoms with van der Waals surface area (Å²) < 4.78 is 18.0. The highest BCUT2D eigenvalue weighted by molar-refractivity contribution is 6.03. The molecule has 10 heteroatoms. The molecule has 0 saturated carbocycles. The Bertz CT molecular complexity index is 1290. The quantitative estimate of drug-likeness (QED) is 0.409. The fourth-order valence-corrected chi connectivity index (χ4v) is 3.64. The number of carbonyl (C=O) groups excluding carboxylic acids is 2. The monoisotopic (exact) mass is 437 g/mol. The molecule has 0 unspecified atom stereocenters. The molecule has 32 heavy (non-hydrogen) atoms. The number of hydrogen-bond acceptors (Lipinski definition) is 6. The van der Waals surface area contributed by atoms with E-state index >= 15 is 0 Å². The molecule has 0 atom stereocenters. The zero-order valence-corrected chi connectivity index (χ0v) is 18.1. The van der Waals surface area contributed by atoms with Crippen molar-refractivity contribution < 1.29 is 23.8 Å². The van der Waals surface area contributed by atoms with Gasteiger partial charge in [-0.15, -0.1) is 0 Å². The van der Waals surface area contributed by atoms with E-state index in [1.165, 1.54) is 21.3 Å². The lowest BCUT2D eigenvalue weighted by molar-refractivity contribution is -0.115. The third kappa shape index (κ3) is 3.66. The van der Waals surface area contributed by atoms with Crippen molar-refractivity contribution in [2.75, 3.05) is 33.2 Å². The van der Waals surface area contributed by atoms with Gasteiger partial charge in [0.1, 0.15) is 5.69 Å². The van der Waals surface area contributed by atoms with Crippen LogP contribution in [0.15, 0.2) is 36.4 Å². The third-order valence-electron chi connectivity index (χ3n) is 5.11. The first-order chi connectivity index (χ1) is 15.5. The van der Waals surface area contributed by atoms with Gasteiger partial charge in [-0.2, -0.15) is 0 Å². The molecule has 0 bridgehead atoms. The molecule has 0 aliphatic carbocycles. The van der Waals surface area contributed by atoms with Crippen LogP contribution in [0.4, 0.5) is 5.95 Å². The highest BCUT2D eigenvalue weighted by Gasteiger charge is 2.22. The number of carbonyl (C=O) groups is 2. The molecule has 0 radical (unpaired) electrons. The topological polar surface area (TPSA) is 120 Å². The molecule has 4 aromatic rings. The van der Waals surface area contributed by atoms with Crippen LogP contribution in [0.3, 0.4) is 0 Å². The summed E-state index contributed by atoms with van der Waals surface area (Å²) in [5.41, 5.74) is 2.57. The fraction of sp³-hybridized carbons (Fsp3) is 0.227. The molecule has 2 amide bonds. The molecule has 2 aromatic heterocycles. The number of aromatic amines is 1. The summed E-state index contributed by atoms with van der Waals surface area (Å²) >= 11 is 0. The molecule has 0 spiro atoms. The lowest BCUT2D eigenvalue weighted by Crippen LogP contribution is -2.33. The highest BCUT2D eigenvalue weighted by Crippen LogP contribution is 2.44. The number of fused-ring (bicyclic) bond motifs is 2. The smallest absolute Gasteiger partial charge is 0.268 e. The van der Waals surface area contributed by atoms with E-state index in [-0.39, 0.29) is 6.54 Å². The summed E-state index contributed by atoms with van der Waals surface area (Å²) in [5.74, 6) is 0.867. The maximum atomic E-state index is 12.8. The van der Waals surface area contributed by atoms with Crippen LogP contribution in [0.5, 0.6) is 17.2 Å². The van der Waals surface area contributed by atoms with Gasteiger partial charge in [-0.05, 0) is 24.3 Å². The standard InChI is InChI=1S/C22H23N5O5/c1-27-15(9-12-10-16(30-2)19(31-3)20(32-4)18(12)27)21(29)23-11-17(28)26-22-24-13-7-5-6-8-14(13)25-22/h5-10H,11H2,1-4H3,(H,23,29)(H2,24,25,26,28). The Balaban J connectivity index is 1.52. The van der Waals surface area contributed by atoms with Gasteiger partial charge in [0.25, 0.3) is 5.91 Å². The number of aryl methyl sites for hydroxylation is 1. The maximum absolute atomic E-state index is 12.8. The Kier molecular flexibility index (Phi) is 5.59. The number of anilines is 1. The molecule has 10 nitrogen and oxygen atoms in total. The third-order valence-corrected chi connectivity index (χ3v) is 5.11. The Labute approximate surface area is 183 Å². The van der Waals surface area contributed by atoms with E-state index in [2.05, 4.69) is 20.6 Å². The van der Waals surface area contributed by atoms with Crippen molar-refractivity contribution in [2.24, 2.45) is 7.05 Å². The zero-order chi connectivity index (χ0) is 22.8. The van der Waals surface area contributed by atoms with Gasteiger partial charge < -0.3 is 29.1 Å². The normalized spacial score (nSPS) is 10.9. The molecule has 166 valence electrons. The predicted molar refractivity (Wildman–Crippen MR) is 120 cm³/mol. The Morgan fingerprint density at radius 3 is 2.50 bits per heavy atom. The van der Waals surface area contributed by atoms with Crippen molar-refractivity contribution in [3.8, 4) is 17.2 Å². The van der Waals surface area contributed by atoms with E-state index in [4.69, 9.17) is 14.2 Å². The number of rotatable bonds is 7. The van der Waals surface area contributed by atoms with Crippen molar-refractivity contribution in [3.63, 3.8) is 0 Å². The van der Waals surface area contributed by atoms with Crippen molar-refractivity contribution in [2.45, 2.75) is 0 Å². The molecule has 0 fully saturated rings. The van der Waals surface area contributed by atoms with E-state index < -0.39 is 11.8 Å². The summed E-state index contributed by atoms with van der Waals surface area (Å²) in [4.78, 5) is 32.4. The van der Waals surface area contributed by atoms with Gasteiger partial charge in [-0.1, -0.05) is 12.1 Å². The van der Waals surface area contributed by atoms with Crippen molar-refractivity contribution >= 4 is 39.7 Å². The van der Waals surface area contributed by atoms with Gasteiger partial charge in [0.2, 0.25) is 17.6 Å². The first kappa shape index (κ1) is 21.0. The van der Waals surface area contributed by atoms with E-state index in [1.54, 1.807) is 23.7 Å². The van der Waals surface area contributed by atoms with Gasteiger partial charge >= 0.3 is 0 Å². The lowest BCUT2D eigenvalue weighted by Gasteiger charge is -2.14. The van der Waals surface area contributed by atoms with Crippen molar-refractivity contribution in [1.29, 1.82) is 0 Å². The van der Waals surface area contributed by atoms with Gasteiger partial charge in [-0.25, -0.2) is 4.98 Å². The molecule has 0 aliphatic rings. The van der Waals surface area contributed by atoms with Gasteiger partial charge in [-0.3, -0.25) is 14.9 Å². The van der Waals surface area contributed by atoms with Gasteiger partial charge in [0.05, 0.1) is 44.4 Å². The van der Waals surface area contributed by atoms with E-state index in [9.17, 15) is 9.59 Å². The maximum Gasteiger partial charge on any atom is 0.268 e. The minimum atomic E-state index is -0.413. The number of nitrogens with one attached hydrogen (secondary N) is 3. The number of amides is 2. The summed E-state index contributed by atoms with van der Waals surface area (Å²) in [6.45, 7) is -0.221. The second-order valence-corrected chi connectivity index (χ2v) is 7.01. The van der Waals surface area contributed by atoms with Crippen LogP contribution in [-0.2, 0) is 11.8 Å². The number of imidazole rings is 1. The number of methoxy groups -OCH3 is 3. The predicted octanol–water partition coefficient (Wildman–Crippen LogP) is 2.45. The van der Waals surface area contributed by atoms with Crippen LogP contribution < -0.4 is 24.8 Å². The largest absolute Gasteiger partial charge is 0.493 e. The molecule has 0 saturated heterocycles. The molecular weight excluding hydrogens is 414 g/mol. The summed E-state index contributed by atoms with van der Waals surface area (Å²) in [5, 5.41) is 6.02. The average Bonchev–Trinajstić information content (AvgIpc) is 3.36. The van der Waals surface area contributed by atoms with Crippen LogP contribution >= 0.6 is 0 Å². The Hall–Kier alpha value is -4.21. The minimum absolute atomic E-state index is 0.221. The number of ether oxygens (including phenoxy) is 3. The van der Waals surface area contributed by atoms with Crippen LogP contribution in [0, 0.1) is 0 Å². The van der Waals surface area contributed by atoms with Crippen LogP contribution in [0.1, 0.15) is 10.5 Å². The summed E-state index contributed by atoms with van der Waals surface area (Å²) in [6, 6.07) is 10.9. The molecule has 4 rings (SSSR count). The summed E-state index contributed by atoms with van der Waals surface area (Å²) in [6.07, 6.45) is 0. The molecular formula is C22H23N5O5. The number of nitrogens with zero attached hydrogens (tertiary/aromatic N) is 2. The highest BCUT2D eigenvalue weighted by atomic mass is 16.5. The SMILES string of the molecule is COc1cc2cc(C(=O)NCC(=O)Nc3nc4ccccc4[nH]3)n(C)c2c(OC)c1OC. The molecule has 0 aliphatic heterocycles. The second-order valence-electron chi connectivity index (χ2n) is 7.01. The summed E-state index contributed by atoms with van der Waals surface area (Å²) in [7, 11) is 6.30. The number of benzene rings is 2. The first-order valence-corrected chi connectivity index (χ1v) is 9.78. The number of aromatic nitrogens is 3. The number of para-hydroxylation sites is 2. The lowest BCUT2D eigenvalue weighted by atomic mass is 10.2. The second kappa shape index (κ2) is 8.50. The fourth-order valence-electron chi connectivity index (χ4n) is 3.64. The van der Waals surface area contributed by atoms with Gasteiger partial charge in [0.15, 0.2) is 11.5 Å². The Morgan fingerprint density at radius 1 is 1.06 bits per heavy atom. The van der Waals surface area contributed by atoms with Crippen molar-refractivity contribution in [1.82, 2.24) is 19.9 Å². The first-order valence-electron chi connectivity index (χ1n) is 9.78. The minimum Gasteiger partial charge on any atom is -0.493 e. The van der Waals surface area contributed by atoms with E-state index in [0.717, 1.165) is 16.4 Å². The van der Waals surface area contributed by atoms with Crippen LogP contribution in [0.2, 0.25) is 0 Å². The van der Waals surface area contributed by atoms with Gasteiger partial charge in [0, 0.05) is 12.4 Å². The average molecular weight is 437 g/mol. The van der Waals surface area contributed by atoms with Crippen LogP contribution in [0.25, 0.3) is 21.9 Å². The Morgan fingerprint density at radius 2 is 1.81 bits per heavy atom. The van der Waals surface area contributed by atoms with E-state index in [1.807, 2.05) is 24.3 Å². The van der Waals surface area contributed by atoms with E-state index in [0.29, 0.717) is 34.4 Å². The molecule has 3 N–H and O–H groups in total. The zero-order valence-electron chi connectivity index (χ0n) is 18.1. The molecule has 2 aromatic carbocycles. The van der Waals surface area contributed by atoms with Crippen molar-refractivity contribution in [3.05, 3.63) is 42.1 Å². The number of hydrogen-bond donors (Lipinski definition) is 3.